The van der Waals surface area contributed by atoms with Crippen LogP contribution in [-0.4, -0.2) is 162 Å². The lowest BCUT2D eigenvalue weighted by molar-refractivity contribution is -0.320. The lowest BCUT2D eigenvalue weighted by atomic mass is 9.70. The van der Waals surface area contributed by atoms with Crippen LogP contribution in [0, 0.1) is 29.6 Å². The SMILES string of the molecule is CC[C@H]1OC(=O)[C@H](C)[C@@H](O[C@H]2C[C@@](C)(OC)[C@@H](OC(=O)OCc3ccccc3)[C@H](C)O2)[C@H](C)[C@@H](O[C@@H]2O[C@H](C)C[C@H](N(C)C)[C@H]2OC(C)=O)[C@](C)(OC)C[C@@H](C)C(=O)[C@H](C)[C@H]2[C@H](SCCn3ccc(N)nc3=O)C(=O)O[C@@]21C. The summed E-state index contributed by atoms with van der Waals surface area (Å²) in [5.41, 5.74) is 1.87. The van der Waals surface area contributed by atoms with Crippen molar-refractivity contribution in [3.8, 4) is 0 Å². The van der Waals surface area contributed by atoms with E-state index in [-0.39, 0.29) is 61.9 Å². The molecule has 21 nitrogen and oxygen atoms in total. The molecule has 1 aromatic heterocycles. The van der Waals surface area contributed by atoms with Gasteiger partial charge in [-0.15, -0.1) is 11.8 Å². The number of rotatable bonds is 16. The highest BCUT2D eigenvalue weighted by atomic mass is 32.2. The first-order valence-corrected chi connectivity index (χ1v) is 28.1. The highest BCUT2D eigenvalue weighted by Gasteiger charge is 2.62. The quantitative estimate of drug-likeness (QED) is 0.147. The van der Waals surface area contributed by atoms with E-state index in [1.54, 1.807) is 41.5 Å². The molecule has 2 aromatic rings. The summed E-state index contributed by atoms with van der Waals surface area (Å²) in [6.45, 7) is 19.3. The van der Waals surface area contributed by atoms with Crippen molar-refractivity contribution >= 4 is 47.4 Å². The molecule has 4 fully saturated rings. The summed E-state index contributed by atoms with van der Waals surface area (Å²) < 4.78 is 71.7. The van der Waals surface area contributed by atoms with E-state index >= 15 is 9.59 Å². The van der Waals surface area contributed by atoms with Gasteiger partial charge in [-0.25, -0.2) is 9.59 Å². The normalized spacial score (nSPS) is 37.9. The van der Waals surface area contributed by atoms with E-state index in [1.807, 2.05) is 77.0 Å². The Morgan fingerprint density at radius 3 is 2.14 bits per heavy atom. The van der Waals surface area contributed by atoms with Gasteiger partial charge in [-0.05, 0) is 86.5 Å². The van der Waals surface area contributed by atoms with Gasteiger partial charge >= 0.3 is 29.8 Å². The molecular weight excluding hydrogens is 1030 g/mol. The maximum atomic E-state index is 15.3. The number of benzene rings is 1. The van der Waals surface area contributed by atoms with E-state index in [0.717, 1.165) is 5.56 Å². The average Bonchev–Trinajstić information content (AvgIpc) is 3.77. The Labute approximate surface area is 462 Å². The van der Waals surface area contributed by atoms with Crippen molar-refractivity contribution < 1.29 is 76.1 Å². The molecule has 22 heteroatoms. The van der Waals surface area contributed by atoms with Gasteiger partial charge in [0.15, 0.2) is 30.4 Å². The van der Waals surface area contributed by atoms with Crippen LogP contribution in [0.4, 0.5) is 10.6 Å². The minimum Gasteiger partial charge on any atom is -0.458 e. The van der Waals surface area contributed by atoms with Gasteiger partial charge in [0.1, 0.15) is 35.2 Å². The van der Waals surface area contributed by atoms with Crippen LogP contribution in [0.2, 0.25) is 0 Å². The van der Waals surface area contributed by atoms with E-state index in [0.29, 0.717) is 6.42 Å². The molecular formula is C56H84N4O17S. The number of likely N-dealkylation sites (N-methyl/N-ethyl adjacent to an activating group) is 1. The first kappa shape index (κ1) is 62.5. The minimum atomic E-state index is -1.50. The Balaban J connectivity index is 1.42. The Bertz CT molecular complexity index is 2450. The first-order chi connectivity index (χ1) is 36.7. The molecule has 78 heavy (non-hydrogen) atoms. The van der Waals surface area contributed by atoms with Crippen molar-refractivity contribution in [2.24, 2.45) is 29.6 Å². The highest BCUT2D eigenvalue weighted by Crippen LogP contribution is 2.50. The molecule has 4 saturated heterocycles. The number of cyclic esters (lactones) is 1. The van der Waals surface area contributed by atoms with Gasteiger partial charge in [0.2, 0.25) is 0 Å². The Hall–Kier alpha value is -4.68. The van der Waals surface area contributed by atoms with E-state index < -0.39 is 131 Å². The lowest BCUT2D eigenvalue weighted by Gasteiger charge is -2.50. The second kappa shape index (κ2) is 26.3. The number of anilines is 1. The molecule has 436 valence electrons. The molecule has 19 atom stereocenters. The number of carbonyl (C=O) groups excluding carboxylic acids is 5. The number of fused-ring (bicyclic) bond motifs is 1. The fourth-order valence-corrected chi connectivity index (χ4v) is 13.6. The van der Waals surface area contributed by atoms with Gasteiger partial charge in [0.25, 0.3) is 0 Å². The number of methoxy groups -OCH3 is 2. The Morgan fingerprint density at radius 1 is 0.859 bits per heavy atom. The van der Waals surface area contributed by atoms with Gasteiger partial charge < -0.3 is 62.7 Å². The second-order valence-corrected chi connectivity index (χ2v) is 23.7. The summed E-state index contributed by atoms with van der Waals surface area (Å²) in [7, 11) is 6.77. The molecule has 0 spiro atoms. The molecule has 4 aliphatic heterocycles. The standard InChI is InChI=1S/C56H84N4O17S/c1-16-39-56(11)42(46(50(64)77-56)78-25-24-60-23-22-40(57)58-52(60)65)32(4)43(62)30(2)27-54(9,67-14)47(75-51-45(72-36(8)61)38(59(12)13)26-31(3)70-51)33(5)44(34(6)49(63)73-39)74-41-28-55(10,68-15)48(35(7)71-41)76-53(66)69-29-37-20-18-17-19-21-37/h17-23,30-35,38-39,41-42,44-48,51H,16,24-29H2,1-15H3,(H2,57,58,65)/t30-,31-,32-,33+,34-,35+,38+,39-,41+,42+,44+,45-,46+,47-,48+,51+,54-,55-,56-/m1/s1. The molecule has 6 rings (SSSR count). The van der Waals surface area contributed by atoms with Crippen LogP contribution in [0.15, 0.2) is 47.4 Å². The van der Waals surface area contributed by atoms with Crippen molar-refractivity contribution in [3.05, 3.63) is 58.6 Å². The number of carbonyl (C=O) groups is 5. The second-order valence-electron chi connectivity index (χ2n) is 22.4. The fourth-order valence-electron chi connectivity index (χ4n) is 12.2. The van der Waals surface area contributed by atoms with Crippen molar-refractivity contribution in [3.63, 3.8) is 0 Å². The van der Waals surface area contributed by atoms with E-state index in [9.17, 15) is 19.2 Å². The van der Waals surface area contributed by atoms with Gasteiger partial charge in [-0.1, -0.05) is 58.0 Å². The molecule has 4 aliphatic rings. The summed E-state index contributed by atoms with van der Waals surface area (Å²) >= 11 is 1.24. The smallest absolute Gasteiger partial charge is 0.458 e. The number of hydrogen-bond acceptors (Lipinski definition) is 21. The lowest BCUT2D eigenvalue weighted by Crippen LogP contribution is -2.62. The third kappa shape index (κ3) is 14.1. The number of ether oxygens (including phenoxy) is 11. The van der Waals surface area contributed by atoms with Crippen LogP contribution >= 0.6 is 11.8 Å². The van der Waals surface area contributed by atoms with Crippen LogP contribution in [0.5, 0.6) is 0 Å². The summed E-state index contributed by atoms with van der Waals surface area (Å²) in [6.07, 6.45) is -7.27. The molecule has 0 aliphatic carbocycles. The van der Waals surface area contributed by atoms with E-state index in [1.165, 1.54) is 49.7 Å². The molecule has 1 aromatic carbocycles. The zero-order valence-electron chi connectivity index (χ0n) is 48.0. The Morgan fingerprint density at radius 2 is 1.53 bits per heavy atom. The maximum absolute atomic E-state index is 15.3. The van der Waals surface area contributed by atoms with Crippen LogP contribution in [0.3, 0.4) is 0 Å². The average molecular weight is 1120 g/mol. The zero-order valence-corrected chi connectivity index (χ0v) is 48.8. The first-order valence-electron chi connectivity index (χ1n) is 27.0. The monoisotopic (exact) mass is 1120 g/mol. The van der Waals surface area contributed by atoms with Crippen LogP contribution < -0.4 is 11.4 Å². The summed E-state index contributed by atoms with van der Waals surface area (Å²) in [4.78, 5) is 89.3. The molecule has 0 unspecified atom stereocenters. The summed E-state index contributed by atoms with van der Waals surface area (Å²) in [5.74, 6) is -6.08. The van der Waals surface area contributed by atoms with Crippen molar-refractivity contribution in [1.29, 1.82) is 0 Å². The molecule has 2 N–H and O–H groups in total. The molecule has 0 saturated carbocycles. The van der Waals surface area contributed by atoms with E-state index in [4.69, 9.17) is 57.8 Å². The van der Waals surface area contributed by atoms with Gasteiger partial charge in [-0.2, -0.15) is 4.98 Å². The number of esters is 3. The summed E-state index contributed by atoms with van der Waals surface area (Å²) in [5, 5.41) is -0.912. The van der Waals surface area contributed by atoms with Crippen LogP contribution in [0.25, 0.3) is 0 Å². The molecule has 0 radical (unpaired) electrons. The number of ketones is 1. The van der Waals surface area contributed by atoms with Gasteiger partial charge in [0, 0.05) is 69.7 Å². The number of aryl methyl sites for hydroxylation is 1. The number of nitrogens with zero attached hydrogens (tertiary/aromatic N) is 3. The number of Topliss-reactive ketones (excluding diaryl/α,β-unsaturated/α-hetero) is 1. The number of nitrogens with two attached hydrogens (primary N) is 1. The van der Waals surface area contributed by atoms with Crippen LogP contribution in [-0.2, 0) is 84.4 Å². The van der Waals surface area contributed by atoms with Crippen molar-refractivity contribution in [2.75, 3.05) is 39.8 Å². The predicted molar refractivity (Wildman–Crippen MR) is 287 cm³/mol. The largest absolute Gasteiger partial charge is 0.509 e. The fraction of sp³-hybridized carbons (Fsp3) is 0.732. The zero-order chi connectivity index (χ0) is 57.6. The van der Waals surface area contributed by atoms with Crippen molar-refractivity contribution in [2.45, 2.75) is 198 Å². The Kier molecular flexibility index (Phi) is 21.1. The molecule has 5 heterocycles. The van der Waals surface area contributed by atoms with Gasteiger partial charge in [-0.3, -0.25) is 23.7 Å². The van der Waals surface area contributed by atoms with Gasteiger partial charge in [0.05, 0.1) is 42.0 Å². The molecule has 0 amide bonds. The number of hydrogen-bond donors (Lipinski definition) is 1. The highest BCUT2D eigenvalue weighted by molar-refractivity contribution is 8.00. The van der Waals surface area contributed by atoms with Crippen LogP contribution in [0.1, 0.15) is 107 Å². The number of thioether (sulfide) groups is 1. The van der Waals surface area contributed by atoms with E-state index in [2.05, 4.69) is 4.98 Å². The summed E-state index contributed by atoms with van der Waals surface area (Å²) in [6, 6.07) is 10.3. The number of aromatic nitrogens is 2. The third-order valence-electron chi connectivity index (χ3n) is 16.4. The maximum Gasteiger partial charge on any atom is 0.509 e. The predicted octanol–water partition coefficient (Wildman–Crippen LogP) is 6.13. The molecule has 0 bridgehead atoms. The number of nitrogen functional groups attached to an aromatic ring is 1. The van der Waals surface area contributed by atoms with Crippen molar-refractivity contribution in [1.82, 2.24) is 14.5 Å². The third-order valence-corrected chi connectivity index (χ3v) is 17.7. The minimum absolute atomic E-state index is 0.00403. The topological polar surface area (TPSA) is 251 Å².